The standard InChI is InChI=1S/C13H17N3/c1-3-7-14-8-6-13-15-11-5-4-10(2)9-12(11)16-13/h3-5,9,14H,1,6-8H2,2H3,(H,15,16). The fourth-order valence-corrected chi connectivity index (χ4v) is 1.71. The zero-order valence-electron chi connectivity index (χ0n) is 9.59. The quantitative estimate of drug-likeness (QED) is 0.593. The Hall–Kier alpha value is -1.61. The lowest BCUT2D eigenvalue weighted by Gasteiger charge is -1.97. The van der Waals surface area contributed by atoms with Gasteiger partial charge in [0, 0.05) is 19.5 Å². The summed E-state index contributed by atoms with van der Waals surface area (Å²) in [5.41, 5.74) is 3.43. The summed E-state index contributed by atoms with van der Waals surface area (Å²) in [7, 11) is 0. The summed E-state index contributed by atoms with van der Waals surface area (Å²) in [6.45, 7) is 7.52. The lowest BCUT2D eigenvalue weighted by atomic mass is 10.2. The molecule has 0 amide bonds. The second-order valence-electron chi connectivity index (χ2n) is 3.95. The van der Waals surface area contributed by atoms with E-state index < -0.39 is 0 Å². The topological polar surface area (TPSA) is 40.7 Å². The Bertz CT molecular complexity index is 485. The van der Waals surface area contributed by atoms with Gasteiger partial charge in [0.05, 0.1) is 11.0 Å². The molecule has 16 heavy (non-hydrogen) atoms. The Morgan fingerprint density at radius 1 is 1.50 bits per heavy atom. The van der Waals surface area contributed by atoms with Gasteiger partial charge in [-0.25, -0.2) is 4.98 Å². The molecule has 0 spiro atoms. The first-order valence-electron chi connectivity index (χ1n) is 5.56. The Morgan fingerprint density at radius 3 is 3.19 bits per heavy atom. The van der Waals surface area contributed by atoms with Crippen molar-refractivity contribution >= 4 is 11.0 Å². The van der Waals surface area contributed by atoms with Crippen LogP contribution in [0.5, 0.6) is 0 Å². The van der Waals surface area contributed by atoms with Crippen molar-refractivity contribution in [3.63, 3.8) is 0 Å². The number of aromatic nitrogens is 2. The van der Waals surface area contributed by atoms with E-state index in [0.717, 1.165) is 36.4 Å². The van der Waals surface area contributed by atoms with Gasteiger partial charge in [-0.3, -0.25) is 0 Å². The Kier molecular flexibility index (Phi) is 3.37. The van der Waals surface area contributed by atoms with Crippen LogP contribution in [-0.4, -0.2) is 23.1 Å². The molecular formula is C13H17N3. The molecule has 2 rings (SSSR count). The van der Waals surface area contributed by atoms with Gasteiger partial charge in [-0.2, -0.15) is 0 Å². The van der Waals surface area contributed by atoms with Gasteiger partial charge in [0.1, 0.15) is 5.82 Å². The van der Waals surface area contributed by atoms with Crippen molar-refractivity contribution < 1.29 is 0 Å². The number of hydrogen-bond acceptors (Lipinski definition) is 2. The highest BCUT2D eigenvalue weighted by Crippen LogP contribution is 2.13. The smallest absolute Gasteiger partial charge is 0.108 e. The molecule has 0 unspecified atom stereocenters. The maximum Gasteiger partial charge on any atom is 0.108 e. The summed E-state index contributed by atoms with van der Waals surface area (Å²) < 4.78 is 0. The molecule has 1 heterocycles. The molecule has 0 aliphatic carbocycles. The molecule has 0 aliphatic heterocycles. The monoisotopic (exact) mass is 215 g/mol. The summed E-state index contributed by atoms with van der Waals surface area (Å²) in [5.74, 6) is 1.04. The lowest BCUT2D eigenvalue weighted by molar-refractivity contribution is 0.727. The maximum atomic E-state index is 4.53. The van der Waals surface area contributed by atoms with E-state index in [1.54, 1.807) is 0 Å². The van der Waals surface area contributed by atoms with Crippen LogP contribution in [0, 0.1) is 6.92 Å². The number of hydrogen-bond donors (Lipinski definition) is 2. The zero-order valence-corrected chi connectivity index (χ0v) is 9.59. The van der Waals surface area contributed by atoms with Crippen LogP contribution in [0.15, 0.2) is 30.9 Å². The van der Waals surface area contributed by atoms with Crippen molar-refractivity contribution in [2.45, 2.75) is 13.3 Å². The van der Waals surface area contributed by atoms with Crippen LogP contribution in [-0.2, 0) is 6.42 Å². The summed E-state index contributed by atoms with van der Waals surface area (Å²) in [6.07, 6.45) is 2.78. The molecule has 1 aromatic heterocycles. The third kappa shape index (κ3) is 2.49. The molecule has 3 nitrogen and oxygen atoms in total. The average Bonchev–Trinajstić information content (AvgIpc) is 2.66. The minimum atomic E-state index is 0.847. The van der Waals surface area contributed by atoms with E-state index >= 15 is 0 Å². The van der Waals surface area contributed by atoms with E-state index in [1.165, 1.54) is 5.56 Å². The van der Waals surface area contributed by atoms with Gasteiger partial charge in [-0.1, -0.05) is 12.1 Å². The van der Waals surface area contributed by atoms with Gasteiger partial charge < -0.3 is 10.3 Å². The lowest BCUT2D eigenvalue weighted by Crippen LogP contribution is -2.17. The molecule has 0 fully saturated rings. The molecular weight excluding hydrogens is 198 g/mol. The van der Waals surface area contributed by atoms with Gasteiger partial charge >= 0.3 is 0 Å². The second kappa shape index (κ2) is 4.94. The summed E-state index contributed by atoms with van der Waals surface area (Å²) >= 11 is 0. The Labute approximate surface area is 95.6 Å². The van der Waals surface area contributed by atoms with Crippen molar-refractivity contribution in [2.75, 3.05) is 13.1 Å². The van der Waals surface area contributed by atoms with Gasteiger partial charge in [-0.05, 0) is 24.6 Å². The molecule has 3 heteroatoms. The largest absolute Gasteiger partial charge is 0.342 e. The Morgan fingerprint density at radius 2 is 2.38 bits per heavy atom. The number of aromatic amines is 1. The average molecular weight is 215 g/mol. The normalized spacial score (nSPS) is 10.8. The third-order valence-corrected chi connectivity index (χ3v) is 2.51. The van der Waals surface area contributed by atoms with E-state index in [2.05, 4.69) is 47.0 Å². The second-order valence-corrected chi connectivity index (χ2v) is 3.95. The van der Waals surface area contributed by atoms with E-state index in [0.29, 0.717) is 0 Å². The predicted molar refractivity (Wildman–Crippen MR) is 67.6 cm³/mol. The molecule has 84 valence electrons. The van der Waals surface area contributed by atoms with Crippen molar-refractivity contribution in [3.8, 4) is 0 Å². The first kappa shape index (κ1) is 10.9. The van der Waals surface area contributed by atoms with Gasteiger partial charge in [-0.15, -0.1) is 6.58 Å². The predicted octanol–water partition coefficient (Wildman–Crippen LogP) is 2.19. The fourth-order valence-electron chi connectivity index (χ4n) is 1.71. The van der Waals surface area contributed by atoms with Crippen molar-refractivity contribution in [1.82, 2.24) is 15.3 Å². The molecule has 1 aromatic carbocycles. The van der Waals surface area contributed by atoms with Crippen LogP contribution in [0.1, 0.15) is 11.4 Å². The van der Waals surface area contributed by atoms with E-state index in [1.807, 2.05) is 6.08 Å². The van der Waals surface area contributed by atoms with Crippen molar-refractivity contribution in [2.24, 2.45) is 0 Å². The molecule has 0 saturated heterocycles. The third-order valence-electron chi connectivity index (χ3n) is 2.51. The van der Waals surface area contributed by atoms with Crippen molar-refractivity contribution in [1.29, 1.82) is 0 Å². The number of rotatable bonds is 5. The number of nitrogens with zero attached hydrogens (tertiary/aromatic N) is 1. The van der Waals surface area contributed by atoms with Crippen LogP contribution in [0.2, 0.25) is 0 Å². The fraction of sp³-hybridized carbons (Fsp3) is 0.308. The van der Waals surface area contributed by atoms with E-state index in [9.17, 15) is 0 Å². The first-order chi connectivity index (χ1) is 7.79. The van der Waals surface area contributed by atoms with Crippen LogP contribution in [0.3, 0.4) is 0 Å². The van der Waals surface area contributed by atoms with Crippen LogP contribution >= 0.6 is 0 Å². The SMILES string of the molecule is C=CCNCCc1nc2ccc(C)cc2[nH]1. The highest BCUT2D eigenvalue weighted by atomic mass is 14.9. The molecule has 0 saturated carbocycles. The highest BCUT2D eigenvalue weighted by Gasteiger charge is 2.01. The summed E-state index contributed by atoms with van der Waals surface area (Å²) in [4.78, 5) is 7.87. The molecule has 2 aromatic rings. The molecule has 0 bridgehead atoms. The Balaban J connectivity index is 2.05. The number of H-pyrrole nitrogens is 1. The summed E-state index contributed by atoms with van der Waals surface area (Å²) in [6, 6.07) is 6.27. The minimum absolute atomic E-state index is 0.847. The number of fused-ring (bicyclic) bond motifs is 1. The summed E-state index contributed by atoms with van der Waals surface area (Å²) in [5, 5.41) is 3.26. The van der Waals surface area contributed by atoms with E-state index in [4.69, 9.17) is 0 Å². The maximum absolute atomic E-state index is 4.53. The zero-order chi connectivity index (χ0) is 11.4. The molecule has 2 N–H and O–H groups in total. The highest BCUT2D eigenvalue weighted by molar-refractivity contribution is 5.75. The van der Waals surface area contributed by atoms with Crippen molar-refractivity contribution in [3.05, 3.63) is 42.2 Å². The van der Waals surface area contributed by atoms with Gasteiger partial charge in [0.15, 0.2) is 0 Å². The van der Waals surface area contributed by atoms with Crippen LogP contribution < -0.4 is 5.32 Å². The van der Waals surface area contributed by atoms with E-state index in [-0.39, 0.29) is 0 Å². The number of nitrogens with one attached hydrogen (secondary N) is 2. The van der Waals surface area contributed by atoms with Crippen LogP contribution in [0.4, 0.5) is 0 Å². The van der Waals surface area contributed by atoms with Gasteiger partial charge in [0.25, 0.3) is 0 Å². The number of benzene rings is 1. The molecule has 0 atom stereocenters. The number of imidazole rings is 1. The number of aryl methyl sites for hydroxylation is 1. The first-order valence-corrected chi connectivity index (χ1v) is 5.56. The molecule has 0 radical (unpaired) electrons. The molecule has 0 aliphatic rings. The minimum Gasteiger partial charge on any atom is -0.342 e. The van der Waals surface area contributed by atoms with Crippen LogP contribution in [0.25, 0.3) is 11.0 Å². The van der Waals surface area contributed by atoms with Gasteiger partial charge in [0.2, 0.25) is 0 Å².